The minimum absolute atomic E-state index is 0.393. The molecule has 0 bridgehead atoms. The number of aromatic amines is 1. The highest BCUT2D eigenvalue weighted by Crippen LogP contribution is 2.40. The van der Waals surface area contributed by atoms with Crippen molar-refractivity contribution in [2.45, 2.75) is 64.7 Å². The van der Waals surface area contributed by atoms with Crippen molar-refractivity contribution in [3.63, 3.8) is 0 Å². The molecule has 2 atom stereocenters. The molecule has 2 unspecified atom stereocenters. The van der Waals surface area contributed by atoms with Crippen LogP contribution < -0.4 is 0 Å². The first kappa shape index (κ1) is 19.2. The summed E-state index contributed by atoms with van der Waals surface area (Å²) in [5.41, 5.74) is 5.60. The van der Waals surface area contributed by atoms with Crippen LogP contribution in [0.15, 0.2) is 36.4 Å². The Balaban J connectivity index is 1.58. The van der Waals surface area contributed by atoms with Crippen molar-refractivity contribution in [3.8, 4) is 0 Å². The maximum Gasteiger partial charge on any atom is 0.150 e. The molecule has 0 radical (unpaired) electrons. The van der Waals surface area contributed by atoms with Gasteiger partial charge in [-0.2, -0.15) is 0 Å². The van der Waals surface area contributed by atoms with Gasteiger partial charge in [0, 0.05) is 23.1 Å². The van der Waals surface area contributed by atoms with Crippen molar-refractivity contribution in [2.75, 3.05) is 0 Å². The normalized spacial score (nSPS) is 20.4. The second kappa shape index (κ2) is 8.06. The molecule has 148 valence electrons. The first-order valence-electron chi connectivity index (χ1n) is 10.5. The zero-order chi connectivity index (χ0) is 19.7. The summed E-state index contributed by atoms with van der Waals surface area (Å²) in [7, 11) is 0. The Hall–Kier alpha value is -2.16. The van der Waals surface area contributed by atoms with Gasteiger partial charge in [0.2, 0.25) is 0 Å². The summed E-state index contributed by atoms with van der Waals surface area (Å²) in [6, 6.07) is 11.1. The van der Waals surface area contributed by atoms with Gasteiger partial charge in [0.1, 0.15) is 11.6 Å². The zero-order valence-corrected chi connectivity index (χ0v) is 16.8. The van der Waals surface area contributed by atoms with Crippen LogP contribution in [0.1, 0.15) is 66.8 Å². The van der Waals surface area contributed by atoms with Crippen LogP contribution in [0.5, 0.6) is 0 Å². The lowest BCUT2D eigenvalue weighted by molar-refractivity contribution is 0.369. The molecule has 2 aromatic carbocycles. The van der Waals surface area contributed by atoms with Crippen LogP contribution in [0.3, 0.4) is 0 Å². The van der Waals surface area contributed by atoms with E-state index in [9.17, 15) is 8.78 Å². The van der Waals surface area contributed by atoms with Crippen molar-refractivity contribution in [2.24, 2.45) is 5.92 Å². The Bertz CT molecular complexity index is 972. The Labute approximate surface area is 166 Å². The van der Waals surface area contributed by atoms with Crippen LogP contribution in [0.25, 0.3) is 10.9 Å². The molecule has 1 aromatic heterocycles. The van der Waals surface area contributed by atoms with E-state index in [4.69, 9.17) is 0 Å². The monoisotopic (exact) mass is 381 g/mol. The molecule has 0 aliphatic heterocycles. The van der Waals surface area contributed by atoms with Gasteiger partial charge >= 0.3 is 0 Å². The lowest BCUT2D eigenvalue weighted by atomic mass is 9.81. The predicted octanol–water partition coefficient (Wildman–Crippen LogP) is 7.36. The summed E-state index contributed by atoms with van der Waals surface area (Å²) in [5.74, 6) is -0.0433. The van der Waals surface area contributed by atoms with Crippen LogP contribution in [0.4, 0.5) is 8.78 Å². The third-order valence-corrected chi connectivity index (χ3v) is 6.60. The number of hydrogen-bond acceptors (Lipinski definition) is 0. The standard InChI is InChI=1S/C25H29F2N/c1-16-8-9-18(12-17(16)2)10-11-19-6-4-3-5-7-22(19)24-14-20-13-21(26)15-23(27)25(20)28-24/h8-9,12-15,19,22,28H,3-7,10-11H2,1-2H3. The van der Waals surface area contributed by atoms with Crippen molar-refractivity contribution in [1.82, 2.24) is 4.98 Å². The maximum absolute atomic E-state index is 14.2. The Morgan fingerprint density at radius 1 is 0.929 bits per heavy atom. The molecule has 1 aliphatic rings. The molecule has 3 aromatic rings. The molecular weight excluding hydrogens is 352 g/mol. The van der Waals surface area contributed by atoms with E-state index < -0.39 is 11.6 Å². The van der Waals surface area contributed by atoms with E-state index >= 15 is 0 Å². The zero-order valence-electron chi connectivity index (χ0n) is 16.8. The summed E-state index contributed by atoms with van der Waals surface area (Å²) < 4.78 is 27.8. The van der Waals surface area contributed by atoms with E-state index in [2.05, 4.69) is 37.0 Å². The van der Waals surface area contributed by atoms with Crippen LogP contribution in [0, 0.1) is 31.4 Å². The smallest absolute Gasteiger partial charge is 0.150 e. The Morgan fingerprint density at radius 2 is 1.75 bits per heavy atom. The summed E-state index contributed by atoms with van der Waals surface area (Å²) in [6.45, 7) is 4.32. The van der Waals surface area contributed by atoms with Gasteiger partial charge in [-0.3, -0.25) is 0 Å². The molecule has 0 amide bonds. The van der Waals surface area contributed by atoms with Crippen LogP contribution in [0.2, 0.25) is 0 Å². The van der Waals surface area contributed by atoms with E-state index in [0.717, 1.165) is 31.0 Å². The maximum atomic E-state index is 14.2. The summed E-state index contributed by atoms with van der Waals surface area (Å²) in [6.07, 6.45) is 8.27. The minimum Gasteiger partial charge on any atom is -0.356 e. The van der Waals surface area contributed by atoms with E-state index in [1.807, 2.05) is 6.07 Å². The van der Waals surface area contributed by atoms with Gasteiger partial charge in [-0.15, -0.1) is 0 Å². The summed E-state index contributed by atoms with van der Waals surface area (Å²) >= 11 is 0. The molecule has 1 aliphatic carbocycles. The second-order valence-corrected chi connectivity index (χ2v) is 8.54. The van der Waals surface area contributed by atoms with Gasteiger partial charge < -0.3 is 4.98 Å². The summed E-state index contributed by atoms with van der Waals surface area (Å²) in [4.78, 5) is 3.29. The lowest BCUT2D eigenvalue weighted by Gasteiger charge is -2.24. The molecular formula is C25H29F2N. The van der Waals surface area contributed by atoms with Gasteiger partial charge in [-0.05, 0) is 74.3 Å². The van der Waals surface area contributed by atoms with Crippen LogP contribution in [-0.2, 0) is 6.42 Å². The number of rotatable bonds is 4. The van der Waals surface area contributed by atoms with Crippen molar-refractivity contribution in [1.29, 1.82) is 0 Å². The highest BCUT2D eigenvalue weighted by atomic mass is 19.1. The molecule has 0 spiro atoms. The van der Waals surface area contributed by atoms with Crippen LogP contribution in [-0.4, -0.2) is 4.98 Å². The van der Waals surface area contributed by atoms with Crippen molar-refractivity contribution < 1.29 is 8.78 Å². The number of aryl methyl sites for hydroxylation is 3. The quantitative estimate of drug-likeness (QED) is 0.454. The van der Waals surface area contributed by atoms with Gasteiger partial charge in [0.25, 0.3) is 0 Å². The Kier molecular flexibility index (Phi) is 5.52. The molecule has 4 rings (SSSR count). The first-order chi connectivity index (χ1) is 13.5. The second-order valence-electron chi connectivity index (χ2n) is 8.54. The Morgan fingerprint density at radius 3 is 2.57 bits per heavy atom. The van der Waals surface area contributed by atoms with Gasteiger partial charge in [-0.1, -0.05) is 37.5 Å². The SMILES string of the molecule is Cc1ccc(CCC2CCCCCC2c2cc3cc(F)cc(F)c3[nH]2)cc1C. The van der Waals surface area contributed by atoms with Gasteiger partial charge in [-0.25, -0.2) is 8.78 Å². The number of hydrogen-bond donors (Lipinski definition) is 1. The van der Waals surface area contributed by atoms with E-state index in [-0.39, 0.29) is 0 Å². The van der Waals surface area contributed by atoms with Crippen LogP contribution >= 0.6 is 0 Å². The predicted molar refractivity (Wildman–Crippen MR) is 112 cm³/mol. The highest BCUT2D eigenvalue weighted by Gasteiger charge is 2.27. The fourth-order valence-electron chi connectivity index (χ4n) is 4.84. The molecule has 28 heavy (non-hydrogen) atoms. The number of fused-ring (bicyclic) bond motifs is 1. The first-order valence-corrected chi connectivity index (χ1v) is 10.5. The third-order valence-electron chi connectivity index (χ3n) is 6.60. The third kappa shape index (κ3) is 3.99. The molecule has 1 nitrogen and oxygen atoms in total. The van der Waals surface area contributed by atoms with Crippen molar-refractivity contribution >= 4 is 10.9 Å². The number of nitrogens with one attached hydrogen (secondary N) is 1. The number of benzene rings is 2. The van der Waals surface area contributed by atoms with E-state index in [1.54, 1.807) is 0 Å². The minimum atomic E-state index is -0.511. The largest absolute Gasteiger partial charge is 0.356 e. The van der Waals surface area contributed by atoms with Crippen molar-refractivity contribution in [3.05, 3.63) is 70.4 Å². The molecule has 1 N–H and O–H groups in total. The molecule has 3 heteroatoms. The van der Waals surface area contributed by atoms with E-state index in [0.29, 0.717) is 22.7 Å². The summed E-state index contributed by atoms with van der Waals surface area (Å²) in [5, 5.41) is 0.643. The number of H-pyrrole nitrogens is 1. The number of aromatic nitrogens is 1. The molecule has 0 saturated heterocycles. The van der Waals surface area contributed by atoms with E-state index in [1.165, 1.54) is 48.4 Å². The number of halogens is 2. The fourth-order valence-corrected chi connectivity index (χ4v) is 4.84. The van der Waals surface area contributed by atoms with Gasteiger partial charge in [0.15, 0.2) is 0 Å². The average molecular weight is 382 g/mol. The fraction of sp³-hybridized carbons (Fsp3) is 0.440. The van der Waals surface area contributed by atoms with Gasteiger partial charge in [0.05, 0.1) is 5.52 Å². The topological polar surface area (TPSA) is 15.8 Å². The molecule has 1 saturated carbocycles. The average Bonchev–Trinajstić information content (AvgIpc) is 2.94. The molecule has 1 fully saturated rings. The lowest BCUT2D eigenvalue weighted by Crippen LogP contribution is -2.13. The highest BCUT2D eigenvalue weighted by molar-refractivity contribution is 5.81. The molecule has 1 heterocycles.